The van der Waals surface area contributed by atoms with Gasteiger partial charge in [0.25, 0.3) is 5.91 Å². The number of aryl methyl sites for hydroxylation is 2. The summed E-state index contributed by atoms with van der Waals surface area (Å²) in [5.41, 5.74) is 3.95. The maximum Gasteiger partial charge on any atom is 0.270 e. The van der Waals surface area contributed by atoms with E-state index in [1.54, 1.807) is 12.4 Å². The zero-order valence-corrected chi connectivity index (χ0v) is 15.2. The van der Waals surface area contributed by atoms with E-state index < -0.39 is 0 Å². The van der Waals surface area contributed by atoms with Crippen molar-refractivity contribution in [3.05, 3.63) is 53.5 Å². The number of carbonyl (C=O) groups excluding carboxylic acids is 1. The number of anilines is 1. The zero-order valence-electron chi connectivity index (χ0n) is 15.2. The third-order valence-corrected chi connectivity index (χ3v) is 5.05. The number of amides is 1. The Morgan fingerprint density at radius 2 is 1.88 bits per heavy atom. The molecule has 0 unspecified atom stereocenters. The van der Waals surface area contributed by atoms with Crippen LogP contribution in [0.3, 0.4) is 0 Å². The topological polar surface area (TPSA) is 65.1 Å². The van der Waals surface area contributed by atoms with Gasteiger partial charge in [0.1, 0.15) is 5.69 Å². The molecule has 1 saturated heterocycles. The van der Waals surface area contributed by atoms with Gasteiger partial charge in [-0.15, -0.1) is 0 Å². The third-order valence-electron chi connectivity index (χ3n) is 5.05. The number of carbonyl (C=O) groups is 1. The smallest absolute Gasteiger partial charge is 0.270 e. The first-order valence-corrected chi connectivity index (χ1v) is 9.03. The van der Waals surface area contributed by atoms with Crippen LogP contribution in [0.2, 0.25) is 0 Å². The number of fused-ring (bicyclic) bond motifs is 1. The molecule has 1 amide bonds. The van der Waals surface area contributed by atoms with Gasteiger partial charge in [0, 0.05) is 49.5 Å². The molecule has 1 N–H and O–H groups in total. The first kappa shape index (κ1) is 16.6. The molecule has 1 aliphatic heterocycles. The van der Waals surface area contributed by atoms with E-state index in [1.165, 1.54) is 5.56 Å². The van der Waals surface area contributed by atoms with Crippen LogP contribution in [0.5, 0.6) is 0 Å². The minimum atomic E-state index is 0.0761. The molecule has 6 heteroatoms. The highest BCUT2D eigenvalue weighted by Gasteiger charge is 2.24. The van der Waals surface area contributed by atoms with Crippen LogP contribution in [-0.2, 0) is 0 Å². The van der Waals surface area contributed by atoms with E-state index in [1.807, 2.05) is 24.0 Å². The number of hydrogen-bond acceptors (Lipinski definition) is 4. The standard InChI is InChI=1S/C20H23N5O/c1-14-5-6-17-16(13-14)15(2)18(23-17)19(26)24-9-4-10-25(12-11-24)20-21-7-3-8-22-20/h3,5-8,13,23H,4,9-12H2,1-2H3. The lowest BCUT2D eigenvalue weighted by atomic mass is 10.1. The molecular formula is C20H23N5O. The summed E-state index contributed by atoms with van der Waals surface area (Å²) < 4.78 is 0. The molecule has 0 saturated carbocycles. The summed E-state index contributed by atoms with van der Waals surface area (Å²) >= 11 is 0. The zero-order chi connectivity index (χ0) is 18.1. The summed E-state index contributed by atoms with van der Waals surface area (Å²) in [4.78, 5) is 29.2. The third kappa shape index (κ3) is 3.03. The van der Waals surface area contributed by atoms with Gasteiger partial charge < -0.3 is 14.8 Å². The molecule has 0 spiro atoms. The largest absolute Gasteiger partial charge is 0.350 e. The molecule has 3 aromatic rings. The summed E-state index contributed by atoms with van der Waals surface area (Å²) in [7, 11) is 0. The highest BCUT2D eigenvalue weighted by atomic mass is 16.2. The van der Waals surface area contributed by atoms with E-state index in [2.05, 4.69) is 38.9 Å². The van der Waals surface area contributed by atoms with Crippen molar-refractivity contribution in [1.29, 1.82) is 0 Å². The van der Waals surface area contributed by atoms with Gasteiger partial charge in [0.05, 0.1) is 0 Å². The molecule has 0 atom stereocenters. The average molecular weight is 349 g/mol. The van der Waals surface area contributed by atoms with Crippen LogP contribution in [0.1, 0.15) is 28.0 Å². The molecule has 0 aliphatic carbocycles. The van der Waals surface area contributed by atoms with E-state index in [0.29, 0.717) is 12.2 Å². The Morgan fingerprint density at radius 1 is 1.08 bits per heavy atom. The molecule has 134 valence electrons. The van der Waals surface area contributed by atoms with Gasteiger partial charge in [0.2, 0.25) is 5.95 Å². The molecule has 3 heterocycles. The van der Waals surface area contributed by atoms with E-state index in [4.69, 9.17) is 0 Å². The van der Waals surface area contributed by atoms with Crippen molar-refractivity contribution in [1.82, 2.24) is 19.9 Å². The van der Waals surface area contributed by atoms with Gasteiger partial charge in [-0.2, -0.15) is 0 Å². The number of hydrogen-bond donors (Lipinski definition) is 1. The highest BCUT2D eigenvalue weighted by molar-refractivity contribution is 6.01. The minimum absolute atomic E-state index is 0.0761. The van der Waals surface area contributed by atoms with Crippen LogP contribution in [0.25, 0.3) is 10.9 Å². The van der Waals surface area contributed by atoms with Crippen molar-refractivity contribution in [3.8, 4) is 0 Å². The molecule has 26 heavy (non-hydrogen) atoms. The first-order valence-electron chi connectivity index (χ1n) is 9.03. The number of nitrogens with zero attached hydrogens (tertiary/aromatic N) is 4. The van der Waals surface area contributed by atoms with Crippen LogP contribution in [-0.4, -0.2) is 51.9 Å². The van der Waals surface area contributed by atoms with Gasteiger partial charge in [-0.05, 0) is 44.0 Å². The van der Waals surface area contributed by atoms with Crippen molar-refractivity contribution < 1.29 is 4.79 Å². The minimum Gasteiger partial charge on any atom is -0.350 e. The number of rotatable bonds is 2. The average Bonchev–Trinajstić information content (AvgIpc) is 2.85. The van der Waals surface area contributed by atoms with Crippen LogP contribution in [0.15, 0.2) is 36.7 Å². The van der Waals surface area contributed by atoms with E-state index in [9.17, 15) is 4.79 Å². The SMILES string of the molecule is Cc1ccc2[nH]c(C(=O)N3CCCN(c4ncccn4)CC3)c(C)c2c1. The Morgan fingerprint density at radius 3 is 2.69 bits per heavy atom. The molecule has 1 aromatic carbocycles. The molecule has 0 radical (unpaired) electrons. The van der Waals surface area contributed by atoms with Crippen LogP contribution in [0, 0.1) is 13.8 Å². The maximum absolute atomic E-state index is 13.1. The highest BCUT2D eigenvalue weighted by Crippen LogP contribution is 2.24. The first-order chi connectivity index (χ1) is 12.6. The van der Waals surface area contributed by atoms with Crippen molar-refractivity contribution in [2.24, 2.45) is 0 Å². The fourth-order valence-electron chi connectivity index (χ4n) is 3.59. The number of H-pyrrole nitrogens is 1. The second-order valence-corrected chi connectivity index (χ2v) is 6.86. The lowest BCUT2D eigenvalue weighted by Crippen LogP contribution is -2.36. The molecule has 2 aromatic heterocycles. The Balaban J connectivity index is 1.54. The fraction of sp³-hybridized carbons (Fsp3) is 0.350. The van der Waals surface area contributed by atoms with Crippen LogP contribution >= 0.6 is 0 Å². The summed E-state index contributed by atoms with van der Waals surface area (Å²) in [6, 6.07) is 8.06. The van der Waals surface area contributed by atoms with Crippen molar-refractivity contribution in [3.63, 3.8) is 0 Å². The molecule has 0 bridgehead atoms. The number of aromatic nitrogens is 3. The summed E-state index contributed by atoms with van der Waals surface area (Å²) in [6.07, 6.45) is 4.42. The normalized spacial score (nSPS) is 15.3. The lowest BCUT2D eigenvalue weighted by molar-refractivity contribution is 0.0761. The molecule has 4 rings (SSSR count). The van der Waals surface area contributed by atoms with E-state index in [0.717, 1.165) is 48.5 Å². The van der Waals surface area contributed by atoms with Gasteiger partial charge in [-0.1, -0.05) is 11.6 Å². The molecule has 6 nitrogen and oxygen atoms in total. The van der Waals surface area contributed by atoms with Crippen molar-refractivity contribution in [2.45, 2.75) is 20.3 Å². The number of nitrogens with one attached hydrogen (secondary N) is 1. The fourth-order valence-corrected chi connectivity index (χ4v) is 3.59. The predicted molar refractivity (Wildman–Crippen MR) is 103 cm³/mol. The van der Waals surface area contributed by atoms with E-state index >= 15 is 0 Å². The Kier molecular flexibility index (Phi) is 4.32. The predicted octanol–water partition coefficient (Wildman–Crippen LogP) is 2.93. The summed E-state index contributed by atoms with van der Waals surface area (Å²) in [5.74, 6) is 0.811. The van der Waals surface area contributed by atoms with Crippen molar-refractivity contribution >= 4 is 22.8 Å². The molecule has 1 aliphatic rings. The quantitative estimate of drug-likeness (QED) is 0.772. The molecule has 1 fully saturated rings. The summed E-state index contributed by atoms with van der Waals surface area (Å²) in [5, 5.41) is 1.13. The number of benzene rings is 1. The van der Waals surface area contributed by atoms with Crippen LogP contribution < -0.4 is 4.90 Å². The second kappa shape index (κ2) is 6.78. The lowest BCUT2D eigenvalue weighted by Gasteiger charge is -2.22. The van der Waals surface area contributed by atoms with Gasteiger partial charge >= 0.3 is 0 Å². The Bertz CT molecular complexity index is 934. The molecular weight excluding hydrogens is 326 g/mol. The van der Waals surface area contributed by atoms with Gasteiger partial charge in [0.15, 0.2) is 0 Å². The maximum atomic E-state index is 13.1. The van der Waals surface area contributed by atoms with Gasteiger partial charge in [-0.3, -0.25) is 4.79 Å². The van der Waals surface area contributed by atoms with Crippen molar-refractivity contribution in [2.75, 3.05) is 31.1 Å². The van der Waals surface area contributed by atoms with Gasteiger partial charge in [-0.25, -0.2) is 9.97 Å². The van der Waals surface area contributed by atoms with E-state index in [-0.39, 0.29) is 5.91 Å². The Hall–Kier alpha value is -2.89. The monoisotopic (exact) mass is 349 g/mol. The Labute approximate surface area is 152 Å². The number of aromatic amines is 1. The van der Waals surface area contributed by atoms with Crippen LogP contribution in [0.4, 0.5) is 5.95 Å². The second-order valence-electron chi connectivity index (χ2n) is 6.86. The summed E-state index contributed by atoms with van der Waals surface area (Å²) in [6.45, 7) is 7.11.